The summed E-state index contributed by atoms with van der Waals surface area (Å²) in [7, 11) is 0. The average molecular weight is 382 g/mol. The van der Waals surface area contributed by atoms with Gasteiger partial charge >= 0.3 is 0 Å². The first kappa shape index (κ1) is 16.6. The first-order valence-corrected chi connectivity index (χ1v) is 7.87. The van der Waals surface area contributed by atoms with E-state index in [2.05, 4.69) is 25.6 Å². The SMILES string of the molecule is Nc1c(Nc2ccc(Cl)cn2)ncnc1Nc1ccc(Cl)cc1Cl. The van der Waals surface area contributed by atoms with Crippen molar-refractivity contribution >= 4 is 63.6 Å². The molecule has 3 aromatic rings. The molecule has 9 heteroatoms. The third-order valence-corrected chi connectivity index (χ3v) is 3.81. The monoisotopic (exact) mass is 380 g/mol. The van der Waals surface area contributed by atoms with Crippen LogP contribution in [0.1, 0.15) is 0 Å². The van der Waals surface area contributed by atoms with Crippen molar-refractivity contribution in [2.24, 2.45) is 0 Å². The summed E-state index contributed by atoms with van der Waals surface area (Å²) in [5.41, 5.74) is 7.06. The Bertz CT molecular complexity index is 870. The van der Waals surface area contributed by atoms with E-state index >= 15 is 0 Å². The number of hydrogen-bond donors (Lipinski definition) is 3. The molecule has 1 aromatic carbocycles. The second kappa shape index (κ2) is 7.09. The van der Waals surface area contributed by atoms with Gasteiger partial charge in [-0.1, -0.05) is 34.8 Å². The molecule has 0 aliphatic heterocycles. The molecule has 0 saturated carbocycles. The molecule has 6 nitrogen and oxygen atoms in total. The molecule has 4 N–H and O–H groups in total. The number of anilines is 5. The van der Waals surface area contributed by atoms with Crippen molar-refractivity contribution in [2.75, 3.05) is 16.4 Å². The van der Waals surface area contributed by atoms with Gasteiger partial charge in [-0.25, -0.2) is 15.0 Å². The van der Waals surface area contributed by atoms with Gasteiger partial charge in [0.2, 0.25) is 0 Å². The van der Waals surface area contributed by atoms with Crippen LogP contribution >= 0.6 is 34.8 Å². The number of rotatable bonds is 4. The lowest BCUT2D eigenvalue weighted by molar-refractivity contribution is 1.16. The minimum Gasteiger partial charge on any atom is -0.393 e. The Kier molecular flexibility index (Phi) is 4.89. The third-order valence-electron chi connectivity index (χ3n) is 3.04. The minimum atomic E-state index is 0.320. The van der Waals surface area contributed by atoms with Gasteiger partial charge in [-0.15, -0.1) is 0 Å². The summed E-state index contributed by atoms with van der Waals surface area (Å²) in [6.45, 7) is 0. The summed E-state index contributed by atoms with van der Waals surface area (Å²) in [5.74, 6) is 1.37. The quantitative estimate of drug-likeness (QED) is 0.595. The maximum Gasteiger partial charge on any atom is 0.160 e. The highest BCUT2D eigenvalue weighted by atomic mass is 35.5. The first-order chi connectivity index (χ1) is 11.5. The standard InChI is InChI=1S/C15H11Cl3N6/c16-8-1-3-11(10(18)5-8)23-14-13(19)15(22-7-21-14)24-12-4-2-9(17)6-20-12/h1-7H,19H2,(H2,20,21,22,23,24). The van der Waals surface area contributed by atoms with Crippen LogP contribution in [0.15, 0.2) is 42.9 Å². The van der Waals surface area contributed by atoms with Crippen LogP contribution < -0.4 is 16.4 Å². The highest BCUT2D eigenvalue weighted by molar-refractivity contribution is 6.36. The Labute approximate surface area is 153 Å². The molecule has 0 aliphatic rings. The van der Waals surface area contributed by atoms with E-state index in [1.54, 1.807) is 30.3 Å². The normalized spacial score (nSPS) is 10.5. The van der Waals surface area contributed by atoms with Crippen molar-refractivity contribution in [1.82, 2.24) is 15.0 Å². The minimum absolute atomic E-state index is 0.320. The van der Waals surface area contributed by atoms with Gasteiger partial charge in [-0.2, -0.15) is 0 Å². The topological polar surface area (TPSA) is 88.8 Å². The van der Waals surface area contributed by atoms with Crippen LogP contribution in [0.2, 0.25) is 15.1 Å². The maximum absolute atomic E-state index is 6.15. The lowest BCUT2D eigenvalue weighted by atomic mass is 10.3. The second-order valence-electron chi connectivity index (χ2n) is 4.72. The van der Waals surface area contributed by atoms with Crippen LogP contribution in [0.4, 0.5) is 28.8 Å². The highest BCUT2D eigenvalue weighted by Crippen LogP contribution is 2.32. The second-order valence-corrected chi connectivity index (χ2v) is 6.00. The van der Waals surface area contributed by atoms with Gasteiger partial charge in [0.25, 0.3) is 0 Å². The summed E-state index contributed by atoms with van der Waals surface area (Å²) >= 11 is 17.9. The molecule has 0 atom stereocenters. The molecule has 0 aliphatic carbocycles. The molecule has 24 heavy (non-hydrogen) atoms. The summed E-state index contributed by atoms with van der Waals surface area (Å²) in [5, 5.41) is 7.59. The predicted molar refractivity (Wildman–Crippen MR) is 98.7 cm³/mol. The molecular formula is C15H11Cl3N6. The number of halogens is 3. The molecular weight excluding hydrogens is 371 g/mol. The number of nitrogen functional groups attached to an aromatic ring is 1. The number of benzene rings is 1. The Balaban J connectivity index is 1.86. The van der Waals surface area contributed by atoms with Gasteiger partial charge in [-0.05, 0) is 30.3 Å². The van der Waals surface area contributed by atoms with Crippen LogP contribution in [0.3, 0.4) is 0 Å². The van der Waals surface area contributed by atoms with E-state index in [1.165, 1.54) is 12.5 Å². The molecule has 2 aromatic heterocycles. The molecule has 122 valence electrons. The van der Waals surface area contributed by atoms with E-state index in [0.717, 1.165) is 0 Å². The van der Waals surface area contributed by atoms with Crippen LogP contribution in [-0.4, -0.2) is 15.0 Å². The summed E-state index contributed by atoms with van der Waals surface area (Å²) in [4.78, 5) is 12.4. The summed E-state index contributed by atoms with van der Waals surface area (Å²) in [6, 6.07) is 8.50. The number of nitrogens with zero attached hydrogens (tertiary/aromatic N) is 3. The van der Waals surface area contributed by atoms with Gasteiger partial charge < -0.3 is 16.4 Å². The Morgan fingerprint density at radius 1 is 0.833 bits per heavy atom. The van der Waals surface area contributed by atoms with Gasteiger partial charge in [0.05, 0.1) is 15.7 Å². The molecule has 0 unspecified atom stereocenters. The first-order valence-electron chi connectivity index (χ1n) is 6.74. The number of nitrogens with two attached hydrogens (primary N) is 1. The number of hydrogen-bond acceptors (Lipinski definition) is 6. The fraction of sp³-hybridized carbons (Fsp3) is 0. The van der Waals surface area contributed by atoms with E-state index in [4.69, 9.17) is 40.5 Å². The van der Waals surface area contributed by atoms with Crippen LogP contribution in [0, 0.1) is 0 Å². The van der Waals surface area contributed by atoms with Crippen molar-refractivity contribution < 1.29 is 0 Å². The summed E-state index contributed by atoms with van der Waals surface area (Å²) in [6.07, 6.45) is 2.90. The summed E-state index contributed by atoms with van der Waals surface area (Å²) < 4.78 is 0. The van der Waals surface area contributed by atoms with Gasteiger partial charge in [0.1, 0.15) is 17.8 Å². The fourth-order valence-corrected chi connectivity index (χ4v) is 2.45. The van der Waals surface area contributed by atoms with Crippen molar-refractivity contribution in [3.63, 3.8) is 0 Å². The van der Waals surface area contributed by atoms with Crippen LogP contribution in [0.25, 0.3) is 0 Å². The van der Waals surface area contributed by atoms with Crippen LogP contribution in [-0.2, 0) is 0 Å². The zero-order chi connectivity index (χ0) is 17.1. The van der Waals surface area contributed by atoms with Gasteiger partial charge in [0.15, 0.2) is 11.6 Å². The lowest BCUT2D eigenvalue weighted by Gasteiger charge is -2.13. The highest BCUT2D eigenvalue weighted by Gasteiger charge is 2.11. The Morgan fingerprint density at radius 3 is 2.21 bits per heavy atom. The molecule has 3 rings (SSSR count). The van der Waals surface area contributed by atoms with Crippen LogP contribution in [0.5, 0.6) is 0 Å². The molecule has 0 spiro atoms. The van der Waals surface area contributed by atoms with Gasteiger partial charge in [-0.3, -0.25) is 0 Å². The van der Waals surface area contributed by atoms with Crippen molar-refractivity contribution in [3.8, 4) is 0 Å². The van der Waals surface area contributed by atoms with E-state index in [-0.39, 0.29) is 0 Å². The molecule has 0 saturated heterocycles. The Hall–Kier alpha value is -2.28. The smallest absolute Gasteiger partial charge is 0.160 e. The zero-order valence-corrected chi connectivity index (χ0v) is 14.4. The molecule has 2 heterocycles. The molecule has 0 fully saturated rings. The van der Waals surface area contributed by atoms with Crippen molar-refractivity contribution in [3.05, 3.63) is 57.9 Å². The van der Waals surface area contributed by atoms with Crippen molar-refractivity contribution in [2.45, 2.75) is 0 Å². The third kappa shape index (κ3) is 3.79. The molecule has 0 bridgehead atoms. The number of aromatic nitrogens is 3. The number of nitrogens with one attached hydrogen (secondary N) is 2. The van der Waals surface area contributed by atoms with E-state index < -0.39 is 0 Å². The largest absolute Gasteiger partial charge is 0.393 e. The zero-order valence-electron chi connectivity index (χ0n) is 12.1. The molecule has 0 radical (unpaired) electrons. The maximum atomic E-state index is 6.15. The van der Waals surface area contributed by atoms with E-state index in [1.807, 2.05) is 0 Å². The predicted octanol–water partition coefficient (Wildman–Crippen LogP) is 4.90. The van der Waals surface area contributed by atoms with Gasteiger partial charge in [0, 0.05) is 11.2 Å². The average Bonchev–Trinajstić information content (AvgIpc) is 2.55. The van der Waals surface area contributed by atoms with E-state index in [9.17, 15) is 0 Å². The van der Waals surface area contributed by atoms with Crippen molar-refractivity contribution in [1.29, 1.82) is 0 Å². The lowest BCUT2D eigenvalue weighted by Crippen LogP contribution is -2.06. The fourth-order valence-electron chi connectivity index (χ4n) is 1.88. The number of pyridine rings is 1. The Morgan fingerprint density at radius 2 is 1.54 bits per heavy atom. The molecule has 0 amide bonds. The van der Waals surface area contributed by atoms with E-state index in [0.29, 0.717) is 43.9 Å².